The Kier molecular flexibility index (Phi) is 5.47. The van der Waals surface area contributed by atoms with Gasteiger partial charge in [0, 0.05) is 7.79 Å². The molecule has 20 heavy (non-hydrogen) atoms. The Labute approximate surface area is 116 Å². The molecule has 6 N–H and O–H groups in total. The highest BCUT2D eigenvalue weighted by Gasteiger charge is 2.45. The van der Waals surface area contributed by atoms with E-state index in [4.69, 9.17) is 15.9 Å². The van der Waals surface area contributed by atoms with Gasteiger partial charge in [0.15, 0.2) is 6.29 Å². The maximum Gasteiger partial charge on any atom is 0.469 e. The van der Waals surface area contributed by atoms with Gasteiger partial charge in [0.2, 0.25) is 5.91 Å². The Balaban J connectivity index is 2.64. The second-order valence-electron chi connectivity index (χ2n) is 4.18. The molecule has 0 saturated carbocycles. The summed E-state index contributed by atoms with van der Waals surface area (Å²) < 4.78 is 26.4. The van der Waals surface area contributed by atoms with Crippen LogP contribution in [0.25, 0.3) is 0 Å². The van der Waals surface area contributed by atoms with Crippen LogP contribution in [-0.4, -0.2) is 68.3 Å². The lowest BCUT2D eigenvalue weighted by molar-refractivity contribution is -0.252. The lowest BCUT2D eigenvalue weighted by Gasteiger charge is -2.40. The molecule has 1 amide bonds. The second kappa shape index (κ2) is 6.92. The van der Waals surface area contributed by atoms with Crippen LogP contribution < -0.4 is 5.32 Å². The molecule has 11 heteroatoms. The molecular formula is C9H18NO9P. The highest BCUT2D eigenvalue weighted by atomic mass is 31.2. The van der Waals surface area contributed by atoms with Gasteiger partial charge in [-0.3, -0.25) is 9.32 Å². The van der Waals surface area contributed by atoms with Gasteiger partial charge in [0.1, 0.15) is 24.4 Å². The van der Waals surface area contributed by atoms with Crippen LogP contribution in [-0.2, 0) is 18.6 Å². The fraction of sp³-hybridized carbons (Fsp3) is 0.889. The van der Waals surface area contributed by atoms with E-state index in [1.165, 1.54) is 0 Å². The van der Waals surface area contributed by atoms with Crippen LogP contribution in [0.15, 0.2) is 0 Å². The summed E-state index contributed by atoms with van der Waals surface area (Å²) in [6.45, 7) is -0.945. The molecular weight excluding hydrogens is 297 g/mol. The number of phosphoric acid groups is 1. The van der Waals surface area contributed by atoms with E-state index in [0.717, 1.165) is 0 Å². The Bertz CT molecular complexity index is 405. The molecule has 0 aliphatic carbocycles. The number of rotatable bonds is 5. The first kappa shape index (κ1) is 15.8. The Morgan fingerprint density at radius 2 is 2.05 bits per heavy atom. The number of amides is 1. The van der Waals surface area contributed by atoms with Crippen LogP contribution >= 0.6 is 7.82 Å². The van der Waals surface area contributed by atoms with Crippen LogP contribution in [0, 0.1) is 0 Å². The van der Waals surface area contributed by atoms with E-state index in [1.807, 2.05) is 0 Å². The summed E-state index contributed by atoms with van der Waals surface area (Å²) in [4.78, 5) is 28.4. The summed E-state index contributed by atoms with van der Waals surface area (Å²) in [6, 6.07) is -1.33. The zero-order chi connectivity index (χ0) is 16.2. The minimum Gasteiger partial charge on any atom is -0.388 e. The highest BCUT2D eigenvalue weighted by molar-refractivity contribution is 7.46. The number of nitrogens with one attached hydrogen (secondary N) is 1. The molecule has 0 bridgehead atoms. The zero-order valence-corrected chi connectivity index (χ0v) is 11.2. The summed E-state index contributed by atoms with van der Waals surface area (Å²) in [6.07, 6.45) is -6.51. The number of aliphatic hydroxyl groups excluding tert-OH is 3. The average molecular weight is 316 g/mol. The SMILES string of the molecule is [2H]CCC(=O)N[C@H]1C(O)O[C@H](COP(=O)(O)O)[C@@H](O)[C@@H]1O. The smallest absolute Gasteiger partial charge is 0.388 e. The standard InChI is InChI=1S/C9H18NO9P/c1-2-5(11)10-6-8(13)7(12)4(19-9(6)14)3-18-20(15,16)17/h4,6-9,12-14H,2-3H2,1H3,(H,10,11)(H2,15,16,17)/t4-,6-,7-,8-,9?/m1/s1/i1D. The van der Waals surface area contributed by atoms with Gasteiger partial charge in [-0.25, -0.2) is 4.57 Å². The molecule has 1 aliphatic rings. The molecule has 0 aromatic rings. The first-order chi connectivity index (χ1) is 9.65. The van der Waals surface area contributed by atoms with Crippen molar-refractivity contribution < 1.29 is 45.1 Å². The lowest BCUT2D eigenvalue weighted by Crippen LogP contribution is -2.64. The predicted molar refractivity (Wildman–Crippen MR) is 63.1 cm³/mol. The van der Waals surface area contributed by atoms with Gasteiger partial charge in [-0.15, -0.1) is 0 Å². The first-order valence-electron chi connectivity index (χ1n) is 6.34. The van der Waals surface area contributed by atoms with Gasteiger partial charge < -0.3 is 35.2 Å². The molecule has 1 rings (SSSR count). The zero-order valence-electron chi connectivity index (χ0n) is 11.3. The van der Waals surface area contributed by atoms with E-state index in [9.17, 15) is 24.7 Å². The van der Waals surface area contributed by atoms with Crippen molar-refractivity contribution in [2.45, 2.75) is 44.0 Å². The largest absolute Gasteiger partial charge is 0.469 e. The minimum absolute atomic E-state index is 0.156. The molecule has 10 nitrogen and oxygen atoms in total. The lowest BCUT2D eigenvalue weighted by atomic mass is 9.97. The number of hydrogen-bond acceptors (Lipinski definition) is 7. The molecule has 0 radical (unpaired) electrons. The fourth-order valence-corrected chi connectivity index (χ4v) is 2.01. The molecule has 0 spiro atoms. The van der Waals surface area contributed by atoms with Crippen molar-refractivity contribution in [2.75, 3.05) is 6.61 Å². The van der Waals surface area contributed by atoms with Gasteiger partial charge in [-0.2, -0.15) is 0 Å². The van der Waals surface area contributed by atoms with Crippen molar-refractivity contribution in [3.8, 4) is 0 Å². The van der Waals surface area contributed by atoms with Crippen molar-refractivity contribution in [1.82, 2.24) is 5.32 Å². The van der Waals surface area contributed by atoms with E-state index in [2.05, 4.69) is 9.84 Å². The monoisotopic (exact) mass is 316 g/mol. The van der Waals surface area contributed by atoms with Crippen molar-refractivity contribution in [3.05, 3.63) is 0 Å². The minimum atomic E-state index is -4.79. The molecule has 1 saturated heterocycles. The summed E-state index contributed by atoms with van der Waals surface area (Å²) >= 11 is 0. The van der Waals surface area contributed by atoms with E-state index in [1.54, 1.807) is 0 Å². The molecule has 1 aliphatic heterocycles. The van der Waals surface area contributed by atoms with Crippen molar-refractivity contribution in [3.63, 3.8) is 0 Å². The van der Waals surface area contributed by atoms with Crippen LogP contribution in [0.1, 0.15) is 14.7 Å². The number of phosphoric ester groups is 1. The van der Waals surface area contributed by atoms with Crippen LogP contribution in [0.5, 0.6) is 0 Å². The predicted octanol–water partition coefficient (Wildman–Crippen LogP) is -2.57. The van der Waals surface area contributed by atoms with Gasteiger partial charge in [-0.05, 0) is 0 Å². The molecule has 1 unspecified atom stereocenters. The number of hydrogen-bond donors (Lipinski definition) is 6. The maximum atomic E-state index is 11.3. The van der Waals surface area contributed by atoms with Gasteiger partial charge in [0.05, 0.1) is 6.61 Å². The highest BCUT2D eigenvalue weighted by Crippen LogP contribution is 2.36. The average Bonchev–Trinajstić information content (AvgIpc) is 2.36. The summed E-state index contributed by atoms with van der Waals surface area (Å²) in [7, 11) is -4.79. The van der Waals surface area contributed by atoms with Crippen molar-refractivity contribution >= 4 is 13.7 Å². The first-order valence-corrected chi connectivity index (χ1v) is 7.17. The third kappa shape index (κ3) is 4.76. The number of carbonyl (C=O) groups is 1. The third-order valence-corrected chi connectivity index (χ3v) is 3.17. The van der Waals surface area contributed by atoms with Gasteiger partial charge >= 0.3 is 7.82 Å². The molecule has 5 atom stereocenters. The van der Waals surface area contributed by atoms with E-state index < -0.39 is 51.0 Å². The van der Waals surface area contributed by atoms with E-state index in [-0.39, 0.29) is 13.3 Å². The van der Waals surface area contributed by atoms with Crippen LogP contribution in [0.4, 0.5) is 0 Å². The Morgan fingerprint density at radius 1 is 1.40 bits per heavy atom. The second-order valence-corrected chi connectivity index (χ2v) is 5.42. The third-order valence-electron chi connectivity index (χ3n) is 2.68. The van der Waals surface area contributed by atoms with Crippen molar-refractivity contribution in [2.24, 2.45) is 0 Å². The van der Waals surface area contributed by atoms with Gasteiger partial charge in [0.25, 0.3) is 0 Å². The number of aliphatic hydroxyl groups is 3. The molecule has 0 aromatic carbocycles. The van der Waals surface area contributed by atoms with Crippen LogP contribution in [0.3, 0.4) is 0 Å². The Hall–Kier alpha value is -0.580. The summed E-state index contributed by atoms with van der Waals surface area (Å²) in [5, 5.41) is 31.5. The Morgan fingerprint density at radius 3 is 2.60 bits per heavy atom. The normalized spacial score (nSPS) is 35.5. The summed E-state index contributed by atoms with van der Waals surface area (Å²) in [5.74, 6) is -0.617. The molecule has 0 aromatic heterocycles. The number of carbonyl (C=O) groups excluding carboxylic acids is 1. The van der Waals surface area contributed by atoms with Crippen molar-refractivity contribution in [1.29, 1.82) is 0 Å². The van der Waals surface area contributed by atoms with Crippen LogP contribution in [0.2, 0.25) is 0 Å². The van der Waals surface area contributed by atoms with E-state index >= 15 is 0 Å². The topological polar surface area (TPSA) is 166 Å². The number of ether oxygens (including phenoxy) is 1. The summed E-state index contributed by atoms with van der Waals surface area (Å²) in [5.41, 5.74) is 0. The quantitative estimate of drug-likeness (QED) is 0.299. The molecule has 1 fully saturated rings. The maximum absolute atomic E-state index is 11.3. The fourth-order valence-electron chi connectivity index (χ4n) is 1.67. The van der Waals surface area contributed by atoms with Gasteiger partial charge in [-0.1, -0.05) is 6.90 Å². The molecule has 118 valence electrons. The molecule has 1 heterocycles. The van der Waals surface area contributed by atoms with E-state index in [0.29, 0.717) is 0 Å².